The first-order valence-corrected chi connectivity index (χ1v) is 4.33. The van der Waals surface area contributed by atoms with Crippen molar-refractivity contribution in [2.75, 3.05) is 0 Å². The van der Waals surface area contributed by atoms with E-state index < -0.39 is 30.3 Å². The Balaban J connectivity index is 2.73. The van der Waals surface area contributed by atoms with Gasteiger partial charge in [-0.3, -0.25) is 9.59 Å². The van der Waals surface area contributed by atoms with Crippen molar-refractivity contribution in [1.29, 1.82) is 0 Å². The molecule has 3 unspecified atom stereocenters. The van der Waals surface area contributed by atoms with Crippen LogP contribution in [0, 0.1) is 0 Å². The molecule has 0 aromatic rings. The van der Waals surface area contributed by atoms with Crippen molar-refractivity contribution in [3.63, 3.8) is 0 Å². The summed E-state index contributed by atoms with van der Waals surface area (Å²) in [5, 5.41) is 11.9. The predicted octanol–water partition coefficient (Wildman–Crippen LogP) is -1.88. The first-order valence-electron chi connectivity index (χ1n) is 4.33. The van der Waals surface area contributed by atoms with E-state index in [9.17, 15) is 14.7 Å². The van der Waals surface area contributed by atoms with E-state index in [4.69, 9.17) is 10.5 Å². The molecule has 0 aromatic carbocycles. The summed E-state index contributed by atoms with van der Waals surface area (Å²) in [4.78, 5) is 22.0. The summed E-state index contributed by atoms with van der Waals surface area (Å²) in [5.74, 6) is -0.832. The normalized spacial score (nSPS) is 38.1. The number of amides is 1. The topological polar surface area (TPSA) is 102 Å². The molecule has 0 spiro atoms. The van der Waals surface area contributed by atoms with E-state index in [2.05, 4.69) is 5.32 Å². The van der Waals surface area contributed by atoms with Gasteiger partial charge in [0, 0.05) is 6.92 Å². The largest absolute Gasteiger partial charge is 0.383 e. The van der Waals surface area contributed by atoms with Crippen molar-refractivity contribution in [3.8, 4) is 0 Å². The molecule has 1 saturated heterocycles. The zero-order valence-corrected chi connectivity index (χ0v) is 8.06. The third-order valence-corrected chi connectivity index (χ3v) is 2.12. The first kappa shape index (κ1) is 11.1. The van der Waals surface area contributed by atoms with Gasteiger partial charge < -0.3 is 20.9 Å². The minimum absolute atomic E-state index is 0.365. The Kier molecular flexibility index (Phi) is 3.20. The molecule has 0 aliphatic carbocycles. The molecule has 1 amide bonds. The molecule has 4 atom stereocenters. The molecule has 1 rings (SSSR count). The summed E-state index contributed by atoms with van der Waals surface area (Å²) in [6.45, 7) is 2.79. The number of hydrogen-bond acceptors (Lipinski definition) is 5. The van der Waals surface area contributed by atoms with Crippen molar-refractivity contribution in [2.24, 2.45) is 5.73 Å². The molecular weight excluding hydrogens is 188 g/mol. The molecular formula is C8H14N2O4. The van der Waals surface area contributed by atoms with E-state index >= 15 is 0 Å². The van der Waals surface area contributed by atoms with Crippen LogP contribution in [-0.4, -0.2) is 41.3 Å². The quantitative estimate of drug-likeness (QED) is 0.462. The fraction of sp³-hybridized carbons (Fsp3) is 0.750. The maximum Gasteiger partial charge on any atom is 0.217 e. The van der Waals surface area contributed by atoms with Crippen LogP contribution >= 0.6 is 0 Å². The third-order valence-electron chi connectivity index (χ3n) is 2.12. The maximum absolute atomic E-state index is 11.3. The van der Waals surface area contributed by atoms with Gasteiger partial charge in [0.15, 0.2) is 5.78 Å². The molecule has 6 heteroatoms. The molecule has 1 aliphatic rings. The van der Waals surface area contributed by atoms with Gasteiger partial charge in [-0.05, 0) is 6.92 Å². The average Bonchev–Trinajstić information content (AvgIpc) is 2.09. The van der Waals surface area contributed by atoms with Crippen LogP contribution in [0.3, 0.4) is 0 Å². The summed E-state index contributed by atoms with van der Waals surface area (Å²) >= 11 is 0. The van der Waals surface area contributed by atoms with Crippen LogP contribution in [0.1, 0.15) is 13.8 Å². The number of hydrogen-bond donors (Lipinski definition) is 3. The van der Waals surface area contributed by atoms with Crippen molar-refractivity contribution in [3.05, 3.63) is 0 Å². The highest BCUT2D eigenvalue weighted by molar-refractivity contribution is 5.89. The minimum Gasteiger partial charge on any atom is -0.383 e. The Morgan fingerprint density at radius 3 is 2.71 bits per heavy atom. The summed E-state index contributed by atoms with van der Waals surface area (Å²) < 4.78 is 5.04. The lowest BCUT2D eigenvalue weighted by Gasteiger charge is -2.35. The minimum atomic E-state index is -1.29. The number of carbonyl (C=O) groups is 2. The van der Waals surface area contributed by atoms with Gasteiger partial charge in [-0.1, -0.05) is 0 Å². The second-order valence-electron chi connectivity index (χ2n) is 3.32. The average molecular weight is 202 g/mol. The van der Waals surface area contributed by atoms with Crippen molar-refractivity contribution in [2.45, 2.75) is 38.3 Å². The Morgan fingerprint density at radius 2 is 2.21 bits per heavy atom. The Bertz CT molecular complexity index is 256. The molecule has 1 heterocycles. The number of Topliss-reactive ketones (excluding diaryl/α,β-unsaturated/α-hetero) is 1. The second kappa shape index (κ2) is 4.04. The van der Waals surface area contributed by atoms with Crippen LogP contribution in [-0.2, 0) is 14.3 Å². The van der Waals surface area contributed by atoms with Gasteiger partial charge in [-0.2, -0.15) is 0 Å². The van der Waals surface area contributed by atoms with Crippen LogP contribution in [0.2, 0.25) is 0 Å². The molecule has 0 radical (unpaired) electrons. The number of ketones is 1. The highest BCUT2D eigenvalue weighted by Gasteiger charge is 2.41. The number of carbonyl (C=O) groups excluding carboxylic acids is 2. The number of rotatable bonds is 1. The van der Waals surface area contributed by atoms with Crippen LogP contribution in [0.15, 0.2) is 0 Å². The van der Waals surface area contributed by atoms with Gasteiger partial charge in [-0.15, -0.1) is 0 Å². The molecule has 1 fully saturated rings. The third kappa shape index (κ3) is 2.09. The zero-order valence-electron chi connectivity index (χ0n) is 8.06. The molecule has 0 bridgehead atoms. The molecule has 14 heavy (non-hydrogen) atoms. The number of aliphatic hydroxyl groups excluding tert-OH is 1. The highest BCUT2D eigenvalue weighted by atomic mass is 16.5. The lowest BCUT2D eigenvalue weighted by atomic mass is 9.98. The smallest absolute Gasteiger partial charge is 0.217 e. The summed E-state index contributed by atoms with van der Waals surface area (Å²) in [6, 6.07) is -0.865. The number of ether oxygens (including phenoxy) is 1. The van der Waals surface area contributed by atoms with Crippen molar-refractivity contribution in [1.82, 2.24) is 5.32 Å². The van der Waals surface area contributed by atoms with E-state index in [1.165, 1.54) is 13.8 Å². The van der Waals surface area contributed by atoms with E-state index in [-0.39, 0.29) is 5.91 Å². The molecule has 80 valence electrons. The number of nitrogens with two attached hydrogens (primary N) is 1. The molecule has 4 N–H and O–H groups in total. The summed E-state index contributed by atoms with van der Waals surface area (Å²) in [6.07, 6.45) is -2.88. The van der Waals surface area contributed by atoms with E-state index in [1.807, 2.05) is 0 Å². The van der Waals surface area contributed by atoms with Gasteiger partial charge in [0.1, 0.15) is 24.5 Å². The molecule has 0 aromatic heterocycles. The summed E-state index contributed by atoms with van der Waals surface area (Å²) in [7, 11) is 0. The molecule has 1 aliphatic heterocycles. The van der Waals surface area contributed by atoms with Gasteiger partial charge in [-0.25, -0.2) is 0 Å². The first-order chi connectivity index (χ1) is 6.43. The molecule has 0 saturated carbocycles. The maximum atomic E-state index is 11.3. The van der Waals surface area contributed by atoms with Gasteiger partial charge in [0.25, 0.3) is 0 Å². The number of nitrogens with one attached hydrogen (secondary N) is 1. The van der Waals surface area contributed by atoms with E-state index in [0.717, 1.165) is 0 Å². The van der Waals surface area contributed by atoms with Crippen molar-refractivity contribution < 1.29 is 19.4 Å². The van der Waals surface area contributed by atoms with Gasteiger partial charge in [0.05, 0.1) is 0 Å². The van der Waals surface area contributed by atoms with E-state index in [0.29, 0.717) is 0 Å². The number of aliphatic hydroxyl groups is 1. The van der Waals surface area contributed by atoms with E-state index in [1.54, 1.807) is 0 Å². The SMILES string of the molecule is CC(=O)NC1C(O)C(=O)C(C)O[C@H]1N. The predicted molar refractivity (Wildman–Crippen MR) is 47.1 cm³/mol. The monoisotopic (exact) mass is 202 g/mol. The van der Waals surface area contributed by atoms with Gasteiger partial charge >= 0.3 is 0 Å². The van der Waals surface area contributed by atoms with Crippen LogP contribution in [0.25, 0.3) is 0 Å². The summed E-state index contributed by atoms with van der Waals surface area (Å²) in [5.41, 5.74) is 5.52. The zero-order chi connectivity index (χ0) is 10.9. The van der Waals surface area contributed by atoms with Gasteiger partial charge in [0.2, 0.25) is 5.91 Å². The standard InChI is InChI=1S/C8H14N2O4/c1-3-6(12)7(13)5(8(9)14-3)10-4(2)11/h3,5,7-8,13H,9H2,1-2H3,(H,10,11)/t3?,5?,7?,8-/m1/s1. The van der Waals surface area contributed by atoms with Crippen molar-refractivity contribution >= 4 is 11.7 Å². The fourth-order valence-corrected chi connectivity index (χ4v) is 1.38. The molecule has 6 nitrogen and oxygen atoms in total. The highest BCUT2D eigenvalue weighted by Crippen LogP contribution is 2.14. The Hall–Kier alpha value is -0.980. The van der Waals surface area contributed by atoms with Crippen LogP contribution < -0.4 is 11.1 Å². The second-order valence-corrected chi connectivity index (χ2v) is 3.32. The Labute approximate surface area is 81.4 Å². The lowest BCUT2D eigenvalue weighted by molar-refractivity contribution is -0.161. The van der Waals surface area contributed by atoms with Crippen LogP contribution in [0.4, 0.5) is 0 Å². The lowest BCUT2D eigenvalue weighted by Crippen LogP contribution is -2.63. The fourth-order valence-electron chi connectivity index (χ4n) is 1.38. The van der Waals surface area contributed by atoms with Crippen LogP contribution in [0.5, 0.6) is 0 Å². The Morgan fingerprint density at radius 1 is 1.64 bits per heavy atom.